The molecule has 9 heteroatoms. The number of nitrogens with zero attached hydrogens (tertiary/aromatic N) is 3. The molecule has 3 aromatic rings. The summed E-state index contributed by atoms with van der Waals surface area (Å²) in [7, 11) is -2.49. The fraction of sp³-hybridized carbons (Fsp3) is 0.200. The molecule has 0 bridgehead atoms. The highest BCUT2D eigenvalue weighted by Gasteiger charge is 2.26. The Morgan fingerprint density at radius 2 is 1.79 bits per heavy atom. The third-order valence-electron chi connectivity index (χ3n) is 5.24. The van der Waals surface area contributed by atoms with Gasteiger partial charge in [0, 0.05) is 37.7 Å². The molecule has 4 rings (SSSR count). The van der Waals surface area contributed by atoms with Gasteiger partial charge in [0.1, 0.15) is 18.1 Å². The first kappa shape index (κ1) is 23.5. The Morgan fingerprint density at radius 1 is 1.03 bits per heavy atom. The van der Waals surface area contributed by atoms with E-state index in [1.807, 2.05) is 42.5 Å². The number of rotatable bonds is 8. The van der Waals surface area contributed by atoms with Crippen LogP contribution in [0.4, 0.5) is 5.69 Å². The molecule has 2 aromatic carbocycles. The first-order valence-electron chi connectivity index (χ1n) is 10.7. The lowest BCUT2D eigenvalue weighted by atomic mass is 10.2. The molecule has 1 aliphatic rings. The number of sulfonamides is 1. The van der Waals surface area contributed by atoms with Crippen molar-refractivity contribution in [2.75, 3.05) is 38.3 Å². The molecule has 0 aliphatic carbocycles. The van der Waals surface area contributed by atoms with E-state index in [9.17, 15) is 13.2 Å². The Bertz CT molecular complexity index is 1260. The highest BCUT2D eigenvalue weighted by molar-refractivity contribution is 7.89. The number of hydrogen-bond acceptors (Lipinski definition) is 6. The number of carbonyl (C=O) groups is 1. The molecule has 1 amide bonds. The quantitative estimate of drug-likeness (QED) is 0.493. The second kappa shape index (κ2) is 10.5. The van der Waals surface area contributed by atoms with Crippen LogP contribution in [0.5, 0.6) is 11.5 Å². The monoisotopic (exact) mass is 479 g/mol. The van der Waals surface area contributed by atoms with Gasteiger partial charge < -0.3 is 14.4 Å². The minimum Gasteiger partial charge on any atom is -0.486 e. The second-order valence-corrected chi connectivity index (χ2v) is 9.64. The second-order valence-electron chi connectivity index (χ2n) is 7.60. The maximum Gasteiger partial charge on any atom is 0.244 e. The molecule has 34 heavy (non-hydrogen) atoms. The lowest BCUT2D eigenvalue weighted by Gasteiger charge is -2.26. The molecule has 2 heterocycles. The lowest BCUT2D eigenvalue weighted by molar-refractivity contribution is -0.118. The van der Waals surface area contributed by atoms with Crippen LogP contribution >= 0.6 is 0 Å². The summed E-state index contributed by atoms with van der Waals surface area (Å²) >= 11 is 0. The van der Waals surface area contributed by atoms with Crippen molar-refractivity contribution in [3.63, 3.8) is 0 Å². The lowest BCUT2D eigenvalue weighted by Crippen LogP contribution is -2.41. The van der Waals surface area contributed by atoms with Gasteiger partial charge in [-0.25, -0.2) is 8.42 Å². The SMILES string of the molecule is CN(CC(=O)N(C/C=C/c1ccccc1)c1ccc2c(c1)OCCO2)S(=O)(=O)c1cccnc1. The molecular weight excluding hydrogens is 454 g/mol. The molecule has 0 radical (unpaired) electrons. The minimum absolute atomic E-state index is 0.0279. The average Bonchev–Trinajstić information content (AvgIpc) is 2.87. The van der Waals surface area contributed by atoms with Crippen molar-refractivity contribution < 1.29 is 22.7 Å². The van der Waals surface area contributed by atoms with E-state index in [1.54, 1.807) is 24.3 Å². The third-order valence-corrected chi connectivity index (χ3v) is 7.02. The Morgan fingerprint density at radius 3 is 2.53 bits per heavy atom. The summed E-state index contributed by atoms with van der Waals surface area (Å²) in [6.07, 6.45) is 6.53. The van der Waals surface area contributed by atoms with Crippen LogP contribution in [0.1, 0.15) is 5.56 Å². The summed E-state index contributed by atoms with van der Waals surface area (Å²) < 4.78 is 38.0. The van der Waals surface area contributed by atoms with Crippen molar-refractivity contribution in [3.8, 4) is 11.5 Å². The van der Waals surface area contributed by atoms with E-state index in [-0.39, 0.29) is 23.9 Å². The van der Waals surface area contributed by atoms with Crippen LogP contribution in [-0.2, 0) is 14.8 Å². The number of fused-ring (bicyclic) bond motifs is 1. The Balaban J connectivity index is 1.58. The third kappa shape index (κ3) is 5.44. The van der Waals surface area contributed by atoms with Crippen molar-refractivity contribution in [1.82, 2.24) is 9.29 Å². The van der Waals surface area contributed by atoms with E-state index in [4.69, 9.17) is 9.47 Å². The molecule has 8 nitrogen and oxygen atoms in total. The van der Waals surface area contributed by atoms with Crippen molar-refractivity contribution in [2.45, 2.75) is 4.90 Å². The van der Waals surface area contributed by atoms with Crippen LogP contribution in [-0.4, -0.2) is 57.0 Å². The van der Waals surface area contributed by atoms with Gasteiger partial charge in [-0.05, 0) is 29.8 Å². The van der Waals surface area contributed by atoms with Gasteiger partial charge in [-0.3, -0.25) is 9.78 Å². The van der Waals surface area contributed by atoms with E-state index in [0.717, 1.165) is 9.87 Å². The van der Waals surface area contributed by atoms with Crippen molar-refractivity contribution in [1.29, 1.82) is 0 Å². The average molecular weight is 480 g/mol. The number of benzene rings is 2. The zero-order valence-electron chi connectivity index (χ0n) is 18.7. The van der Waals surface area contributed by atoms with Crippen LogP contribution in [0.15, 0.2) is 84.0 Å². The fourth-order valence-electron chi connectivity index (χ4n) is 3.45. The van der Waals surface area contributed by atoms with Gasteiger partial charge in [0.05, 0.1) is 6.54 Å². The Labute approximate surface area is 199 Å². The Kier molecular flexibility index (Phi) is 7.24. The zero-order chi connectivity index (χ0) is 24.0. The molecule has 0 N–H and O–H groups in total. The number of aromatic nitrogens is 1. The number of anilines is 1. The summed E-state index contributed by atoms with van der Waals surface area (Å²) in [4.78, 5) is 18.8. The van der Waals surface area contributed by atoms with Crippen LogP contribution in [0.3, 0.4) is 0 Å². The van der Waals surface area contributed by atoms with Crippen LogP contribution < -0.4 is 14.4 Å². The van der Waals surface area contributed by atoms with E-state index in [0.29, 0.717) is 30.4 Å². The van der Waals surface area contributed by atoms with E-state index in [1.165, 1.54) is 30.4 Å². The maximum atomic E-state index is 13.3. The van der Waals surface area contributed by atoms with Crippen molar-refractivity contribution in [3.05, 3.63) is 84.7 Å². The number of hydrogen-bond donors (Lipinski definition) is 0. The topological polar surface area (TPSA) is 89.0 Å². The van der Waals surface area contributed by atoms with Gasteiger partial charge >= 0.3 is 0 Å². The van der Waals surface area contributed by atoms with Gasteiger partial charge in [-0.1, -0.05) is 42.5 Å². The molecule has 0 atom stereocenters. The zero-order valence-corrected chi connectivity index (χ0v) is 19.5. The predicted molar refractivity (Wildman–Crippen MR) is 129 cm³/mol. The first-order valence-corrected chi connectivity index (χ1v) is 12.2. The Hall–Kier alpha value is -3.69. The molecule has 0 spiro atoms. The first-order chi connectivity index (χ1) is 16.4. The summed E-state index contributed by atoms with van der Waals surface area (Å²) in [6, 6.07) is 18.0. The number of ether oxygens (including phenoxy) is 2. The predicted octanol–water partition coefficient (Wildman–Crippen LogP) is 3.22. The summed E-state index contributed by atoms with van der Waals surface area (Å²) in [5, 5.41) is 0. The van der Waals surface area contributed by atoms with Crippen LogP contribution in [0.2, 0.25) is 0 Å². The van der Waals surface area contributed by atoms with E-state index < -0.39 is 10.0 Å². The molecule has 1 aliphatic heterocycles. The normalized spacial score (nSPS) is 13.2. The maximum absolute atomic E-state index is 13.3. The smallest absolute Gasteiger partial charge is 0.244 e. The van der Waals surface area contributed by atoms with Crippen LogP contribution in [0.25, 0.3) is 6.08 Å². The van der Waals surface area contributed by atoms with Crippen molar-refractivity contribution >= 4 is 27.7 Å². The molecule has 1 aromatic heterocycles. The fourth-order valence-corrected chi connectivity index (χ4v) is 4.53. The standard InChI is InChI=1S/C25H25N3O5S/c1-27(34(30,31)22-10-5-13-26-18-22)19-25(29)28(14-6-9-20-7-3-2-4-8-20)21-11-12-23-24(17-21)33-16-15-32-23/h2-13,17-18H,14-16,19H2,1H3/b9-6+. The van der Waals surface area contributed by atoms with Gasteiger partial charge in [0.15, 0.2) is 11.5 Å². The van der Waals surface area contributed by atoms with E-state index in [2.05, 4.69) is 4.98 Å². The molecule has 0 saturated carbocycles. The van der Waals surface area contributed by atoms with Crippen molar-refractivity contribution in [2.24, 2.45) is 0 Å². The number of pyridine rings is 1. The minimum atomic E-state index is -3.87. The van der Waals surface area contributed by atoms with Gasteiger partial charge in [-0.2, -0.15) is 4.31 Å². The molecule has 176 valence electrons. The molecule has 0 fully saturated rings. The van der Waals surface area contributed by atoms with Gasteiger partial charge in [0.25, 0.3) is 0 Å². The summed E-state index contributed by atoms with van der Waals surface area (Å²) in [6.45, 7) is 0.787. The van der Waals surface area contributed by atoms with Gasteiger partial charge in [0.2, 0.25) is 15.9 Å². The highest BCUT2D eigenvalue weighted by Crippen LogP contribution is 2.34. The number of amides is 1. The van der Waals surface area contributed by atoms with Crippen LogP contribution in [0, 0.1) is 0 Å². The summed E-state index contributed by atoms with van der Waals surface area (Å²) in [5.41, 5.74) is 1.58. The van der Waals surface area contributed by atoms with Gasteiger partial charge in [-0.15, -0.1) is 0 Å². The number of carbonyl (C=O) groups excluding carboxylic acids is 1. The molecule has 0 saturated heterocycles. The summed E-state index contributed by atoms with van der Waals surface area (Å²) in [5.74, 6) is 0.771. The molecule has 0 unspecified atom stereocenters. The largest absolute Gasteiger partial charge is 0.486 e. The molecular formula is C25H25N3O5S. The number of likely N-dealkylation sites (N-methyl/N-ethyl adjacent to an activating group) is 1. The van der Waals surface area contributed by atoms with E-state index >= 15 is 0 Å². The highest BCUT2D eigenvalue weighted by atomic mass is 32.2.